The lowest BCUT2D eigenvalue weighted by molar-refractivity contribution is 0.0462. The Kier molecular flexibility index (Phi) is 9.42. The summed E-state index contributed by atoms with van der Waals surface area (Å²) in [6.07, 6.45) is 8.13. The Morgan fingerprint density at radius 3 is 2.41 bits per heavy atom. The zero-order valence-corrected chi connectivity index (χ0v) is 18.0. The third-order valence-electron chi connectivity index (χ3n) is 5.94. The van der Waals surface area contributed by atoms with Crippen LogP contribution in [0, 0.1) is 5.92 Å². The quantitative estimate of drug-likeness (QED) is 0.668. The molecule has 1 unspecified atom stereocenters. The summed E-state index contributed by atoms with van der Waals surface area (Å²) in [6.45, 7) is 10.5. The van der Waals surface area contributed by atoms with E-state index in [2.05, 4.69) is 39.2 Å². The van der Waals surface area contributed by atoms with Crippen LogP contribution in [0.3, 0.4) is 0 Å². The van der Waals surface area contributed by atoms with Gasteiger partial charge in [-0.25, -0.2) is 4.68 Å². The van der Waals surface area contributed by atoms with Gasteiger partial charge in [0, 0.05) is 39.3 Å². The van der Waals surface area contributed by atoms with Crippen molar-refractivity contribution in [2.45, 2.75) is 71.0 Å². The highest BCUT2D eigenvalue weighted by atomic mass is 35.5. The molecule has 1 aromatic rings. The summed E-state index contributed by atoms with van der Waals surface area (Å²) >= 11 is 0. The van der Waals surface area contributed by atoms with Crippen molar-refractivity contribution in [3.63, 3.8) is 0 Å². The zero-order valence-electron chi connectivity index (χ0n) is 17.2. The van der Waals surface area contributed by atoms with E-state index in [1.807, 2.05) is 4.68 Å². The van der Waals surface area contributed by atoms with Crippen LogP contribution >= 0.6 is 12.4 Å². The van der Waals surface area contributed by atoms with Crippen molar-refractivity contribution in [3.8, 4) is 0 Å². The lowest BCUT2D eigenvalue weighted by Gasteiger charge is -2.43. The number of halogens is 1. The fourth-order valence-electron chi connectivity index (χ4n) is 4.51. The van der Waals surface area contributed by atoms with Crippen molar-refractivity contribution >= 4 is 12.4 Å². The van der Waals surface area contributed by atoms with Gasteiger partial charge in [-0.1, -0.05) is 33.1 Å². The van der Waals surface area contributed by atoms with Crippen molar-refractivity contribution in [1.82, 2.24) is 30.0 Å². The SMILES string of the molecule is COCCn1nnnc1C(CC(C)C)N1CCN(C2CCCCC2)CC1.Cl. The first kappa shape index (κ1) is 22.5. The summed E-state index contributed by atoms with van der Waals surface area (Å²) in [5.74, 6) is 1.62. The Bertz CT molecular complexity index is 526. The van der Waals surface area contributed by atoms with Gasteiger partial charge in [0.25, 0.3) is 0 Å². The van der Waals surface area contributed by atoms with Crippen LogP contribution in [0.15, 0.2) is 0 Å². The summed E-state index contributed by atoms with van der Waals surface area (Å²) < 4.78 is 7.16. The number of methoxy groups -OCH3 is 1. The van der Waals surface area contributed by atoms with Crippen LogP contribution in [0.4, 0.5) is 0 Å². The molecule has 8 heteroatoms. The lowest BCUT2D eigenvalue weighted by Crippen LogP contribution is -2.52. The molecule has 0 N–H and O–H groups in total. The summed E-state index contributed by atoms with van der Waals surface area (Å²) in [7, 11) is 1.72. The minimum Gasteiger partial charge on any atom is -0.383 e. The average molecular weight is 401 g/mol. The van der Waals surface area contributed by atoms with Gasteiger partial charge in [-0.3, -0.25) is 9.80 Å². The number of nitrogens with zero attached hydrogens (tertiary/aromatic N) is 6. The molecule has 1 aliphatic carbocycles. The molecule has 0 radical (unpaired) electrons. The van der Waals surface area contributed by atoms with E-state index >= 15 is 0 Å². The van der Waals surface area contributed by atoms with Gasteiger partial charge < -0.3 is 4.74 Å². The van der Waals surface area contributed by atoms with Gasteiger partial charge in [0.1, 0.15) is 0 Å². The van der Waals surface area contributed by atoms with E-state index in [-0.39, 0.29) is 12.4 Å². The van der Waals surface area contributed by atoms with Gasteiger partial charge in [-0.2, -0.15) is 0 Å². The second-order valence-electron chi connectivity index (χ2n) is 8.26. The van der Waals surface area contributed by atoms with Gasteiger partial charge in [-0.05, 0) is 35.6 Å². The third kappa shape index (κ3) is 6.11. The highest BCUT2D eigenvalue weighted by Crippen LogP contribution is 2.29. The van der Waals surface area contributed by atoms with Crippen LogP contribution in [0.2, 0.25) is 0 Å². The molecule has 2 heterocycles. The second-order valence-corrected chi connectivity index (χ2v) is 8.26. The molecule has 1 aliphatic heterocycles. The molecular formula is C19H37ClN6O. The van der Waals surface area contributed by atoms with Gasteiger partial charge in [0.15, 0.2) is 5.82 Å². The van der Waals surface area contributed by atoms with E-state index in [1.54, 1.807) is 7.11 Å². The highest BCUT2D eigenvalue weighted by molar-refractivity contribution is 5.85. The first-order chi connectivity index (χ1) is 12.7. The van der Waals surface area contributed by atoms with E-state index in [1.165, 1.54) is 45.2 Å². The number of rotatable bonds is 8. The normalized spacial score (nSPS) is 21.3. The van der Waals surface area contributed by atoms with E-state index in [9.17, 15) is 0 Å². The number of hydrogen-bond acceptors (Lipinski definition) is 6. The Morgan fingerprint density at radius 2 is 1.78 bits per heavy atom. The maximum absolute atomic E-state index is 5.22. The Hall–Kier alpha value is -0.760. The summed E-state index contributed by atoms with van der Waals surface area (Å²) in [5.41, 5.74) is 0. The van der Waals surface area contributed by atoms with Crippen LogP contribution in [0.25, 0.3) is 0 Å². The van der Waals surface area contributed by atoms with Crippen LogP contribution in [0.1, 0.15) is 64.2 Å². The monoisotopic (exact) mass is 400 g/mol. The number of piperazine rings is 1. The molecule has 156 valence electrons. The van der Waals surface area contributed by atoms with E-state index in [4.69, 9.17) is 4.74 Å². The molecule has 7 nitrogen and oxygen atoms in total. The molecule has 1 atom stereocenters. The third-order valence-corrected chi connectivity index (χ3v) is 5.94. The lowest BCUT2D eigenvalue weighted by atomic mass is 9.93. The van der Waals surface area contributed by atoms with Crippen molar-refractivity contribution in [2.75, 3.05) is 39.9 Å². The molecule has 2 fully saturated rings. The number of ether oxygens (including phenoxy) is 1. The summed E-state index contributed by atoms with van der Waals surface area (Å²) in [4.78, 5) is 5.34. The van der Waals surface area contributed by atoms with Gasteiger partial charge in [0.2, 0.25) is 0 Å². The molecule has 27 heavy (non-hydrogen) atoms. The molecule has 1 saturated carbocycles. The van der Waals surface area contributed by atoms with E-state index < -0.39 is 0 Å². The van der Waals surface area contributed by atoms with Crippen LogP contribution < -0.4 is 0 Å². The topological polar surface area (TPSA) is 59.3 Å². The highest BCUT2D eigenvalue weighted by Gasteiger charge is 2.31. The van der Waals surface area contributed by atoms with Gasteiger partial charge in [0.05, 0.1) is 19.2 Å². The van der Waals surface area contributed by atoms with Crippen LogP contribution in [-0.4, -0.2) is 75.9 Å². The molecule has 0 bridgehead atoms. The molecular weight excluding hydrogens is 364 g/mol. The van der Waals surface area contributed by atoms with Gasteiger partial charge >= 0.3 is 0 Å². The summed E-state index contributed by atoms with van der Waals surface area (Å²) in [6, 6.07) is 1.12. The van der Waals surface area contributed by atoms with E-state index in [0.717, 1.165) is 37.9 Å². The van der Waals surface area contributed by atoms with Crippen molar-refractivity contribution in [3.05, 3.63) is 5.82 Å². The first-order valence-corrected chi connectivity index (χ1v) is 10.4. The largest absolute Gasteiger partial charge is 0.383 e. The smallest absolute Gasteiger partial charge is 0.168 e. The Morgan fingerprint density at radius 1 is 1.07 bits per heavy atom. The standard InChI is InChI=1S/C19H36N6O.ClH/c1-16(2)15-18(19-20-21-22-25(19)13-14-26-3)24-11-9-23(10-12-24)17-7-5-4-6-8-17;/h16-18H,4-15H2,1-3H3;1H. The molecule has 2 aliphatic rings. The maximum Gasteiger partial charge on any atom is 0.168 e. The number of aromatic nitrogens is 4. The minimum absolute atomic E-state index is 0. The minimum atomic E-state index is 0. The molecule has 0 amide bonds. The van der Waals surface area contributed by atoms with Gasteiger partial charge in [-0.15, -0.1) is 17.5 Å². The fraction of sp³-hybridized carbons (Fsp3) is 0.947. The van der Waals surface area contributed by atoms with Crippen molar-refractivity contribution < 1.29 is 4.74 Å². The second kappa shape index (κ2) is 11.3. The number of tetrazole rings is 1. The zero-order chi connectivity index (χ0) is 18.4. The molecule has 3 rings (SSSR count). The molecule has 0 aromatic carbocycles. The Labute approximate surface area is 170 Å². The predicted octanol–water partition coefficient (Wildman–Crippen LogP) is 2.78. The van der Waals surface area contributed by atoms with Crippen LogP contribution in [0.5, 0.6) is 0 Å². The van der Waals surface area contributed by atoms with E-state index in [0.29, 0.717) is 18.6 Å². The average Bonchev–Trinajstić information content (AvgIpc) is 3.13. The van der Waals surface area contributed by atoms with Crippen LogP contribution in [-0.2, 0) is 11.3 Å². The Balaban J connectivity index is 0.00000261. The summed E-state index contributed by atoms with van der Waals surface area (Å²) in [5, 5.41) is 12.6. The maximum atomic E-state index is 5.22. The number of hydrogen-bond donors (Lipinski definition) is 0. The molecule has 1 saturated heterocycles. The van der Waals surface area contributed by atoms with Crippen molar-refractivity contribution in [2.24, 2.45) is 5.92 Å². The predicted molar refractivity (Wildman–Crippen MR) is 109 cm³/mol. The fourth-order valence-corrected chi connectivity index (χ4v) is 4.51. The molecule has 1 aromatic heterocycles. The first-order valence-electron chi connectivity index (χ1n) is 10.4. The molecule has 0 spiro atoms. The van der Waals surface area contributed by atoms with Crippen molar-refractivity contribution in [1.29, 1.82) is 0 Å².